The quantitative estimate of drug-likeness (QED) is 0.661. The van der Waals surface area contributed by atoms with Gasteiger partial charge < -0.3 is 5.73 Å². The number of H-pyrrole nitrogens is 1. The van der Waals surface area contributed by atoms with Crippen molar-refractivity contribution >= 4 is 15.7 Å². The molecule has 1 unspecified atom stereocenters. The van der Waals surface area contributed by atoms with Gasteiger partial charge in [0, 0.05) is 12.4 Å². The maximum atomic E-state index is 12.0. The average Bonchev–Trinajstić information content (AvgIpc) is 2.82. The van der Waals surface area contributed by atoms with Crippen molar-refractivity contribution in [1.82, 2.24) is 30.3 Å². The summed E-state index contributed by atoms with van der Waals surface area (Å²) in [4.78, 5) is 3.65. The molecule has 0 aliphatic heterocycles. The Balaban J connectivity index is 2.26. The number of nitrogens with zero attached hydrogens (tertiary/aromatic N) is 4. The normalized spacial score (nSPS) is 13.4. The Morgan fingerprint density at radius 2 is 2.28 bits per heavy atom. The maximum Gasteiger partial charge on any atom is 0.244 e. The lowest BCUT2D eigenvalue weighted by molar-refractivity contribution is 0.560. The molecule has 1 atom stereocenters. The van der Waals surface area contributed by atoms with Crippen LogP contribution in [-0.2, 0) is 10.0 Å². The zero-order valence-corrected chi connectivity index (χ0v) is 10.2. The third-order valence-corrected chi connectivity index (χ3v) is 3.77. The Labute approximate surface area is 103 Å². The highest BCUT2D eigenvalue weighted by atomic mass is 32.2. The van der Waals surface area contributed by atoms with Crippen LogP contribution >= 0.6 is 0 Å². The van der Waals surface area contributed by atoms with Gasteiger partial charge in [0.2, 0.25) is 10.0 Å². The van der Waals surface area contributed by atoms with Crippen LogP contribution in [0.2, 0.25) is 0 Å². The van der Waals surface area contributed by atoms with Crippen LogP contribution in [0.25, 0.3) is 0 Å². The summed E-state index contributed by atoms with van der Waals surface area (Å²) >= 11 is 0. The zero-order chi connectivity index (χ0) is 13.2. The molecule has 96 valence electrons. The smallest absolute Gasteiger partial charge is 0.244 e. The molecule has 0 fully saturated rings. The van der Waals surface area contributed by atoms with E-state index >= 15 is 0 Å². The number of aromatic amines is 1. The first kappa shape index (κ1) is 12.4. The number of hydrogen-bond acceptors (Lipinski definition) is 7. The molecule has 0 spiro atoms. The summed E-state index contributed by atoms with van der Waals surface area (Å²) in [6, 6.07) is 0.779. The van der Waals surface area contributed by atoms with Crippen molar-refractivity contribution in [3.8, 4) is 0 Å². The summed E-state index contributed by atoms with van der Waals surface area (Å²) in [5.74, 6) is 0.237. The molecule has 4 N–H and O–H groups in total. The lowest BCUT2D eigenvalue weighted by atomic mass is 10.4. The van der Waals surface area contributed by atoms with Crippen LogP contribution in [0.5, 0.6) is 0 Å². The van der Waals surface area contributed by atoms with Crippen LogP contribution in [0.15, 0.2) is 23.4 Å². The van der Waals surface area contributed by atoms with Gasteiger partial charge in [-0.05, 0) is 13.0 Å². The fourth-order valence-electron chi connectivity index (χ4n) is 1.32. The highest BCUT2D eigenvalue weighted by Gasteiger charge is 2.22. The zero-order valence-electron chi connectivity index (χ0n) is 9.40. The van der Waals surface area contributed by atoms with Gasteiger partial charge in [-0.25, -0.2) is 13.1 Å². The number of nitrogens with one attached hydrogen (secondary N) is 2. The molecule has 2 rings (SSSR count). The third kappa shape index (κ3) is 2.43. The molecule has 0 saturated heterocycles. The van der Waals surface area contributed by atoms with E-state index in [1.807, 2.05) is 0 Å². The second-order valence-corrected chi connectivity index (χ2v) is 5.21. The van der Waals surface area contributed by atoms with E-state index in [-0.39, 0.29) is 16.4 Å². The van der Waals surface area contributed by atoms with Crippen LogP contribution < -0.4 is 10.5 Å². The van der Waals surface area contributed by atoms with Gasteiger partial charge in [0.25, 0.3) is 0 Å². The van der Waals surface area contributed by atoms with Gasteiger partial charge in [-0.15, -0.1) is 10.2 Å². The van der Waals surface area contributed by atoms with E-state index in [0.29, 0.717) is 0 Å². The fourth-order valence-corrected chi connectivity index (χ4v) is 2.59. The SMILES string of the molecule is CC(NS(=O)(=O)c1cnccc1N)c1nn[nH]n1. The number of anilines is 1. The molecular formula is C8H11N7O2S. The van der Waals surface area contributed by atoms with Crippen molar-refractivity contribution in [2.45, 2.75) is 17.9 Å². The Morgan fingerprint density at radius 1 is 1.50 bits per heavy atom. The van der Waals surface area contributed by atoms with Gasteiger partial charge in [-0.1, -0.05) is 5.21 Å². The van der Waals surface area contributed by atoms with E-state index in [9.17, 15) is 8.42 Å². The number of hydrogen-bond donors (Lipinski definition) is 3. The number of sulfonamides is 1. The molecule has 0 bridgehead atoms. The highest BCUT2D eigenvalue weighted by Crippen LogP contribution is 2.18. The van der Waals surface area contributed by atoms with Gasteiger partial charge in [0.15, 0.2) is 5.82 Å². The molecule has 2 aromatic heterocycles. The van der Waals surface area contributed by atoms with Crippen LogP contribution in [-0.4, -0.2) is 34.0 Å². The molecule has 0 aromatic carbocycles. The highest BCUT2D eigenvalue weighted by molar-refractivity contribution is 7.89. The van der Waals surface area contributed by atoms with Crippen LogP contribution in [0.4, 0.5) is 5.69 Å². The van der Waals surface area contributed by atoms with E-state index in [1.165, 1.54) is 18.5 Å². The van der Waals surface area contributed by atoms with Crippen molar-refractivity contribution < 1.29 is 8.42 Å². The summed E-state index contributed by atoms with van der Waals surface area (Å²) in [7, 11) is -3.78. The number of aromatic nitrogens is 5. The van der Waals surface area contributed by atoms with E-state index < -0.39 is 16.1 Å². The Hall–Kier alpha value is -2.07. The summed E-state index contributed by atoms with van der Waals surface area (Å²) < 4.78 is 26.5. The minimum absolute atomic E-state index is 0.0830. The topological polar surface area (TPSA) is 140 Å². The molecule has 0 radical (unpaired) electrons. The van der Waals surface area contributed by atoms with Crippen molar-refractivity contribution in [2.24, 2.45) is 0 Å². The van der Waals surface area contributed by atoms with E-state index in [2.05, 4.69) is 30.3 Å². The van der Waals surface area contributed by atoms with Crippen molar-refractivity contribution in [1.29, 1.82) is 0 Å². The molecule has 0 aliphatic carbocycles. The minimum atomic E-state index is -3.78. The molecule has 10 heteroatoms. The molecule has 2 heterocycles. The van der Waals surface area contributed by atoms with Gasteiger partial charge in [-0.3, -0.25) is 4.98 Å². The lowest BCUT2D eigenvalue weighted by Crippen LogP contribution is -2.28. The van der Waals surface area contributed by atoms with Gasteiger partial charge in [0.05, 0.1) is 11.7 Å². The summed E-state index contributed by atoms with van der Waals surface area (Å²) in [5.41, 5.74) is 5.72. The maximum absolute atomic E-state index is 12.0. The predicted octanol–water partition coefficient (Wildman–Crippen LogP) is -0.784. The van der Waals surface area contributed by atoms with Gasteiger partial charge in [-0.2, -0.15) is 5.21 Å². The molecular weight excluding hydrogens is 258 g/mol. The molecule has 2 aromatic rings. The fraction of sp³-hybridized carbons (Fsp3) is 0.250. The molecule has 18 heavy (non-hydrogen) atoms. The number of pyridine rings is 1. The monoisotopic (exact) mass is 269 g/mol. The summed E-state index contributed by atoms with van der Waals surface area (Å²) in [6.45, 7) is 1.59. The first-order valence-electron chi connectivity index (χ1n) is 4.96. The van der Waals surface area contributed by atoms with E-state index in [0.717, 1.165) is 0 Å². The minimum Gasteiger partial charge on any atom is -0.398 e. The Bertz CT molecular complexity index is 625. The van der Waals surface area contributed by atoms with Crippen molar-refractivity contribution in [2.75, 3.05) is 5.73 Å². The number of nitrogens with two attached hydrogens (primary N) is 1. The first-order valence-corrected chi connectivity index (χ1v) is 6.44. The molecule has 9 nitrogen and oxygen atoms in total. The summed E-state index contributed by atoms with van der Waals surface area (Å²) in [5, 5.41) is 13.0. The van der Waals surface area contributed by atoms with Crippen molar-refractivity contribution in [3.05, 3.63) is 24.3 Å². The molecule has 0 aliphatic rings. The number of rotatable bonds is 4. The summed E-state index contributed by atoms with van der Waals surface area (Å²) in [6.07, 6.45) is 2.59. The van der Waals surface area contributed by atoms with Crippen molar-refractivity contribution in [3.63, 3.8) is 0 Å². The lowest BCUT2D eigenvalue weighted by Gasteiger charge is -2.11. The largest absolute Gasteiger partial charge is 0.398 e. The Kier molecular flexibility index (Phi) is 3.21. The predicted molar refractivity (Wildman–Crippen MR) is 61.6 cm³/mol. The molecule has 0 amide bonds. The second-order valence-electron chi connectivity index (χ2n) is 3.53. The third-order valence-electron chi connectivity index (χ3n) is 2.19. The number of tetrazole rings is 1. The van der Waals surface area contributed by atoms with Gasteiger partial charge >= 0.3 is 0 Å². The Morgan fingerprint density at radius 3 is 2.89 bits per heavy atom. The average molecular weight is 269 g/mol. The first-order chi connectivity index (χ1) is 8.50. The van der Waals surface area contributed by atoms with Crippen LogP contribution in [0, 0.1) is 0 Å². The molecule has 0 saturated carbocycles. The second kappa shape index (κ2) is 4.66. The standard InChI is InChI=1S/C8H11N7O2S/c1-5(8-11-14-15-12-8)13-18(16,17)7-4-10-3-2-6(7)9/h2-5,13H,1H3,(H2,9,10)(H,11,12,14,15). The van der Waals surface area contributed by atoms with E-state index in [4.69, 9.17) is 5.73 Å². The van der Waals surface area contributed by atoms with Gasteiger partial charge in [0.1, 0.15) is 4.90 Å². The number of nitrogen functional groups attached to an aromatic ring is 1. The van der Waals surface area contributed by atoms with Crippen LogP contribution in [0.3, 0.4) is 0 Å². The van der Waals surface area contributed by atoms with Crippen LogP contribution in [0.1, 0.15) is 18.8 Å². The van der Waals surface area contributed by atoms with E-state index in [1.54, 1.807) is 6.92 Å².